The molecular weight excluding hydrogens is 469 g/mol. The van der Waals surface area contributed by atoms with Crippen molar-refractivity contribution < 1.29 is 9.59 Å². The Morgan fingerprint density at radius 3 is 2.44 bits per heavy atom. The van der Waals surface area contributed by atoms with Gasteiger partial charge in [0.2, 0.25) is 11.8 Å². The van der Waals surface area contributed by atoms with Crippen molar-refractivity contribution in [3.8, 4) is 0 Å². The van der Waals surface area contributed by atoms with Crippen molar-refractivity contribution in [3.05, 3.63) is 63.4 Å². The van der Waals surface area contributed by atoms with Gasteiger partial charge in [0.1, 0.15) is 5.82 Å². The second-order valence-corrected chi connectivity index (χ2v) is 8.91. The van der Waals surface area contributed by atoms with Gasteiger partial charge in [-0.3, -0.25) is 9.59 Å². The molecule has 0 saturated heterocycles. The molecule has 0 bridgehead atoms. The number of carbonyl (C=O) groups excluding carboxylic acids is 2. The van der Waals surface area contributed by atoms with Gasteiger partial charge in [-0.15, -0.1) is 10.2 Å². The van der Waals surface area contributed by atoms with Crippen molar-refractivity contribution in [1.82, 2.24) is 14.8 Å². The second kappa shape index (κ2) is 10.8. The summed E-state index contributed by atoms with van der Waals surface area (Å²) < 4.78 is 1.81. The molecule has 0 saturated carbocycles. The highest BCUT2D eigenvalue weighted by Crippen LogP contribution is 2.29. The molecule has 2 aromatic carbocycles. The third-order valence-corrected chi connectivity index (χ3v) is 6.28. The van der Waals surface area contributed by atoms with Gasteiger partial charge in [0, 0.05) is 12.2 Å². The van der Waals surface area contributed by atoms with Crippen LogP contribution in [0.1, 0.15) is 23.9 Å². The van der Waals surface area contributed by atoms with Gasteiger partial charge in [-0.2, -0.15) is 0 Å². The number of hydrogen-bond donors (Lipinski definition) is 2. The fourth-order valence-electron chi connectivity index (χ4n) is 3.19. The Morgan fingerprint density at radius 1 is 1.03 bits per heavy atom. The molecule has 7 nitrogen and oxygen atoms in total. The first kappa shape index (κ1) is 24.1. The van der Waals surface area contributed by atoms with E-state index in [9.17, 15) is 9.59 Å². The molecule has 3 rings (SSSR count). The lowest BCUT2D eigenvalue weighted by Crippen LogP contribution is -2.18. The number of aromatic nitrogens is 3. The number of thioether (sulfide) groups is 1. The molecule has 1 aromatic heterocycles. The van der Waals surface area contributed by atoms with Crippen molar-refractivity contribution in [2.45, 2.75) is 38.9 Å². The van der Waals surface area contributed by atoms with Crippen LogP contribution >= 0.6 is 35.0 Å². The van der Waals surface area contributed by atoms with E-state index in [1.165, 1.54) is 11.8 Å². The summed E-state index contributed by atoms with van der Waals surface area (Å²) in [6, 6.07) is 10.9. The summed E-state index contributed by atoms with van der Waals surface area (Å²) in [5.74, 6) is 0.247. The van der Waals surface area contributed by atoms with E-state index in [-0.39, 0.29) is 29.0 Å². The third kappa shape index (κ3) is 6.25. The molecule has 0 aliphatic heterocycles. The Morgan fingerprint density at radius 2 is 1.75 bits per heavy atom. The molecule has 0 radical (unpaired) electrons. The minimum absolute atomic E-state index is 0.0129. The summed E-state index contributed by atoms with van der Waals surface area (Å²) in [4.78, 5) is 24.9. The van der Waals surface area contributed by atoms with Crippen LogP contribution in [0.3, 0.4) is 0 Å². The van der Waals surface area contributed by atoms with Crippen LogP contribution in [0.25, 0.3) is 0 Å². The fraction of sp³-hybridized carbons (Fsp3) is 0.273. The first-order chi connectivity index (χ1) is 15.3. The number of nitrogens with zero attached hydrogens (tertiary/aromatic N) is 3. The lowest BCUT2D eigenvalue weighted by molar-refractivity contribution is -0.116. The maximum atomic E-state index is 12.5. The standard InChI is InChI=1S/C22H23Cl2N5O2S/c1-4-29-18(11-19(30)26-17-7-5-6-16(23)21(17)24)27-28-22(29)32-12-20(31)25-15-9-13(2)8-14(3)10-15/h5-10H,4,11-12H2,1-3H3,(H,25,31)(H,26,30). The van der Waals surface area contributed by atoms with E-state index in [0.717, 1.165) is 16.8 Å². The van der Waals surface area contributed by atoms with Crippen LogP contribution < -0.4 is 10.6 Å². The summed E-state index contributed by atoms with van der Waals surface area (Å²) >= 11 is 13.4. The molecule has 0 atom stereocenters. The Bertz CT molecular complexity index is 1130. The number of benzene rings is 2. The molecule has 3 aromatic rings. The molecule has 0 fully saturated rings. The Kier molecular flexibility index (Phi) is 8.17. The average molecular weight is 492 g/mol. The van der Waals surface area contributed by atoms with E-state index in [1.54, 1.807) is 18.2 Å². The van der Waals surface area contributed by atoms with E-state index < -0.39 is 0 Å². The summed E-state index contributed by atoms with van der Waals surface area (Å²) in [5, 5.41) is 15.1. The third-order valence-electron chi connectivity index (χ3n) is 4.49. The second-order valence-electron chi connectivity index (χ2n) is 7.18. The summed E-state index contributed by atoms with van der Waals surface area (Å²) in [6.45, 7) is 6.46. The van der Waals surface area contributed by atoms with Gasteiger partial charge in [-0.1, -0.05) is 47.1 Å². The molecule has 0 aliphatic rings. The zero-order valence-corrected chi connectivity index (χ0v) is 20.2. The summed E-state index contributed by atoms with van der Waals surface area (Å²) in [7, 11) is 0. The Labute approximate surface area is 200 Å². The Balaban J connectivity index is 1.61. The summed E-state index contributed by atoms with van der Waals surface area (Å²) in [5.41, 5.74) is 3.37. The normalized spacial score (nSPS) is 10.8. The minimum atomic E-state index is -0.291. The highest BCUT2D eigenvalue weighted by Gasteiger charge is 2.17. The van der Waals surface area contributed by atoms with Crippen molar-refractivity contribution in [1.29, 1.82) is 0 Å². The van der Waals surface area contributed by atoms with Gasteiger partial charge < -0.3 is 15.2 Å². The maximum absolute atomic E-state index is 12.5. The SMILES string of the molecule is CCn1c(CC(=O)Nc2cccc(Cl)c2Cl)nnc1SCC(=O)Nc1cc(C)cc(C)c1. The zero-order chi connectivity index (χ0) is 23.3. The molecule has 0 spiro atoms. The lowest BCUT2D eigenvalue weighted by atomic mass is 10.1. The van der Waals surface area contributed by atoms with Crippen molar-refractivity contribution in [3.63, 3.8) is 0 Å². The fourth-order valence-corrected chi connectivity index (χ4v) is 4.36. The highest BCUT2D eigenvalue weighted by atomic mass is 35.5. The number of rotatable bonds is 8. The van der Waals surface area contributed by atoms with Crippen LogP contribution in [0.15, 0.2) is 41.6 Å². The predicted molar refractivity (Wildman–Crippen MR) is 130 cm³/mol. The molecule has 1 heterocycles. The van der Waals surface area contributed by atoms with Crippen molar-refractivity contribution >= 4 is 58.2 Å². The number of amides is 2. The molecular formula is C22H23Cl2N5O2S. The van der Waals surface area contributed by atoms with E-state index >= 15 is 0 Å². The summed E-state index contributed by atoms with van der Waals surface area (Å²) in [6.07, 6.45) is 0.0129. The van der Waals surface area contributed by atoms with Gasteiger partial charge in [0.05, 0.1) is 27.9 Å². The average Bonchev–Trinajstić information content (AvgIpc) is 3.10. The van der Waals surface area contributed by atoms with Crippen LogP contribution in [0.5, 0.6) is 0 Å². The lowest BCUT2D eigenvalue weighted by Gasteiger charge is -2.10. The van der Waals surface area contributed by atoms with Gasteiger partial charge >= 0.3 is 0 Å². The molecule has 32 heavy (non-hydrogen) atoms. The maximum Gasteiger partial charge on any atom is 0.234 e. The van der Waals surface area contributed by atoms with Gasteiger partial charge in [0.25, 0.3) is 0 Å². The first-order valence-electron chi connectivity index (χ1n) is 9.93. The van der Waals surface area contributed by atoms with Gasteiger partial charge in [0.15, 0.2) is 5.16 Å². The number of carbonyl (C=O) groups is 2. The Hall–Kier alpha value is -2.55. The minimum Gasteiger partial charge on any atom is -0.325 e. The van der Waals surface area contributed by atoms with Crippen LogP contribution in [0.2, 0.25) is 10.0 Å². The smallest absolute Gasteiger partial charge is 0.234 e. The number of nitrogens with one attached hydrogen (secondary N) is 2. The van der Waals surface area contributed by atoms with E-state index in [1.807, 2.05) is 43.5 Å². The molecule has 0 unspecified atom stereocenters. The number of hydrogen-bond acceptors (Lipinski definition) is 5. The molecule has 0 aliphatic carbocycles. The van der Waals surface area contributed by atoms with Gasteiger partial charge in [-0.25, -0.2) is 0 Å². The number of aryl methyl sites for hydroxylation is 2. The largest absolute Gasteiger partial charge is 0.325 e. The van der Waals surface area contributed by atoms with E-state index in [2.05, 4.69) is 20.8 Å². The van der Waals surface area contributed by atoms with Crippen molar-refractivity contribution in [2.75, 3.05) is 16.4 Å². The van der Waals surface area contributed by atoms with Crippen LogP contribution in [0, 0.1) is 13.8 Å². The number of anilines is 2. The van der Waals surface area contributed by atoms with Crippen LogP contribution in [-0.2, 0) is 22.6 Å². The van der Waals surface area contributed by atoms with Gasteiger partial charge in [-0.05, 0) is 56.2 Å². The van der Waals surface area contributed by atoms with Crippen molar-refractivity contribution in [2.24, 2.45) is 0 Å². The highest BCUT2D eigenvalue weighted by molar-refractivity contribution is 7.99. The van der Waals surface area contributed by atoms with Crippen LogP contribution in [-0.4, -0.2) is 32.3 Å². The molecule has 10 heteroatoms. The first-order valence-corrected chi connectivity index (χ1v) is 11.7. The van der Waals surface area contributed by atoms with E-state index in [0.29, 0.717) is 28.2 Å². The van der Waals surface area contributed by atoms with Crippen LogP contribution in [0.4, 0.5) is 11.4 Å². The van der Waals surface area contributed by atoms with E-state index in [4.69, 9.17) is 23.2 Å². The molecule has 2 amide bonds. The molecule has 2 N–H and O–H groups in total. The quantitative estimate of drug-likeness (QED) is 0.426. The number of halogens is 2. The predicted octanol–water partition coefficient (Wildman–Crippen LogP) is 5.13. The molecule has 168 valence electrons. The monoisotopic (exact) mass is 491 g/mol. The zero-order valence-electron chi connectivity index (χ0n) is 17.9. The topological polar surface area (TPSA) is 88.9 Å².